The summed E-state index contributed by atoms with van der Waals surface area (Å²) in [6.45, 7) is 6.82. The number of pyridine rings is 1. The van der Waals surface area contributed by atoms with Gasteiger partial charge < -0.3 is 24.3 Å². The first-order valence-electron chi connectivity index (χ1n) is 20.1. The molecule has 4 aromatic heterocycles. The van der Waals surface area contributed by atoms with Crippen LogP contribution in [0, 0.1) is 11.8 Å². The highest BCUT2D eigenvalue weighted by atomic mass is 16.5. The molecule has 2 N–H and O–H groups in total. The third kappa shape index (κ3) is 6.78. The number of nitrogens with zero attached hydrogens (tertiary/aromatic N) is 9. The maximum absolute atomic E-state index is 13.4. The van der Waals surface area contributed by atoms with Gasteiger partial charge in [-0.05, 0) is 68.2 Å². The number of imidazole rings is 1. The summed E-state index contributed by atoms with van der Waals surface area (Å²) in [6.07, 6.45) is 13.3. The summed E-state index contributed by atoms with van der Waals surface area (Å²) in [6, 6.07) is 8.04. The molecule has 4 fully saturated rings. The fourth-order valence-corrected chi connectivity index (χ4v) is 8.59. The maximum atomic E-state index is 13.4. The second-order valence-corrected chi connectivity index (χ2v) is 16.0. The zero-order valence-electron chi connectivity index (χ0n) is 31.9. The first-order valence-corrected chi connectivity index (χ1v) is 20.1. The Kier molecular flexibility index (Phi) is 9.03. The summed E-state index contributed by atoms with van der Waals surface area (Å²) in [5.74, 6) is 0.257. The van der Waals surface area contributed by atoms with Crippen LogP contribution < -0.4 is 25.2 Å². The molecule has 1 unspecified atom stereocenters. The Balaban J connectivity index is 0.747. The van der Waals surface area contributed by atoms with Crippen molar-refractivity contribution in [1.82, 2.24) is 39.1 Å². The van der Waals surface area contributed by atoms with Gasteiger partial charge in [0.1, 0.15) is 34.5 Å². The summed E-state index contributed by atoms with van der Waals surface area (Å²) in [4.78, 5) is 81.5. The Morgan fingerprint density at radius 3 is 2.48 bits per heavy atom. The van der Waals surface area contributed by atoms with E-state index in [9.17, 15) is 24.0 Å². The van der Waals surface area contributed by atoms with E-state index < -0.39 is 29.7 Å². The predicted molar refractivity (Wildman–Crippen MR) is 211 cm³/mol. The average Bonchev–Trinajstić information content (AvgIpc) is 3.72. The van der Waals surface area contributed by atoms with Crippen LogP contribution >= 0.6 is 0 Å². The lowest BCUT2D eigenvalue weighted by Gasteiger charge is -2.39. The molecule has 1 aliphatic carbocycles. The number of rotatable bonds is 10. The molecule has 298 valence electrons. The van der Waals surface area contributed by atoms with Crippen molar-refractivity contribution >= 4 is 58.0 Å². The standard InChI is InChI=1S/C41H43N11O6/c53-36-7-6-32(39(55)46-36)52-40(56)28-5-4-27(18-29(28)41(52)57)48-12-8-25(9-13-48)21-47-14-16-49(17-15-47)35-23-50-22-31(33(19-34(50)45-35)58-24-26-2-3-26)44-38(54)30-20-43-51-11-1-10-42-37(30)51/h1,4-5,10-11,18-20,22-23,25-26,32H,2-3,6-9,12-17,21,24H2,(H,44,54)(H,46,53,55). The van der Waals surface area contributed by atoms with Gasteiger partial charge in [0.2, 0.25) is 11.8 Å². The second-order valence-electron chi connectivity index (χ2n) is 16.0. The van der Waals surface area contributed by atoms with E-state index in [1.165, 1.54) is 6.20 Å². The fraction of sp³-hybridized carbons (Fsp3) is 0.415. The lowest BCUT2D eigenvalue weighted by Crippen LogP contribution is -2.54. The van der Waals surface area contributed by atoms with E-state index in [1.54, 1.807) is 35.1 Å². The van der Waals surface area contributed by atoms with E-state index in [4.69, 9.17) is 9.72 Å². The number of hydrogen-bond donors (Lipinski definition) is 2. The van der Waals surface area contributed by atoms with E-state index in [0.29, 0.717) is 52.2 Å². The molecule has 0 bridgehead atoms. The first kappa shape index (κ1) is 36.0. The van der Waals surface area contributed by atoms with Gasteiger partial charge in [-0.25, -0.2) is 14.5 Å². The van der Waals surface area contributed by atoms with Crippen molar-refractivity contribution in [3.63, 3.8) is 0 Å². The summed E-state index contributed by atoms with van der Waals surface area (Å²) >= 11 is 0. The Labute approximate surface area is 332 Å². The molecule has 1 aromatic carbocycles. The van der Waals surface area contributed by atoms with Crippen LogP contribution in [0.15, 0.2) is 61.3 Å². The van der Waals surface area contributed by atoms with Crippen molar-refractivity contribution in [2.24, 2.45) is 11.8 Å². The van der Waals surface area contributed by atoms with Crippen LogP contribution in [0.25, 0.3) is 11.3 Å². The number of fused-ring (bicyclic) bond motifs is 3. The minimum absolute atomic E-state index is 0.0916. The number of piperidine rings is 2. The number of benzene rings is 1. The molecule has 5 amide bonds. The van der Waals surface area contributed by atoms with E-state index in [1.807, 2.05) is 28.9 Å². The second kappa shape index (κ2) is 14.5. The number of piperazine rings is 1. The SMILES string of the molecule is O=C1CCC(N2C(=O)c3ccc(N4CCC(CN5CCN(c6cn7cc(NC(=O)c8cnn9cccnc89)c(OCC8CC8)cc7n6)CC5)CC4)cc3C2=O)C(=O)N1. The fourth-order valence-electron chi connectivity index (χ4n) is 8.59. The molecule has 1 saturated carbocycles. The largest absolute Gasteiger partial charge is 0.491 e. The van der Waals surface area contributed by atoms with Gasteiger partial charge in [0, 0.05) is 82.6 Å². The minimum Gasteiger partial charge on any atom is -0.491 e. The topological polar surface area (TPSA) is 179 Å². The number of aromatic nitrogens is 5. The molecular formula is C41H43N11O6. The minimum atomic E-state index is -0.974. The van der Waals surface area contributed by atoms with Crippen LogP contribution in [0.3, 0.4) is 0 Å². The van der Waals surface area contributed by atoms with Gasteiger partial charge >= 0.3 is 0 Å². The van der Waals surface area contributed by atoms with Crippen molar-refractivity contribution in [3.8, 4) is 5.75 Å². The van der Waals surface area contributed by atoms with Crippen molar-refractivity contribution in [1.29, 1.82) is 0 Å². The van der Waals surface area contributed by atoms with Gasteiger partial charge in [0.25, 0.3) is 17.7 Å². The summed E-state index contributed by atoms with van der Waals surface area (Å²) < 4.78 is 9.74. The third-order valence-corrected chi connectivity index (χ3v) is 12.1. The van der Waals surface area contributed by atoms with Gasteiger partial charge in [-0.3, -0.25) is 39.1 Å². The Bertz CT molecular complexity index is 2480. The molecule has 0 spiro atoms. The van der Waals surface area contributed by atoms with Crippen LogP contribution in [0.5, 0.6) is 5.75 Å². The molecule has 5 aliphatic rings. The molecule has 0 radical (unpaired) electrons. The smallest absolute Gasteiger partial charge is 0.262 e. The highest BCUT2D eigenvalue weighted by Gasteiger charge is 2.45. The molecule has 17 nitrogen and oxygen atoms in total. The number of amides is 5. The monoisotopic (exact) mass is 785 g/mol. The highest BCUT2D eigenvalue weighted by Crippen LogP contribution is 2.35. The number of carbonyl (C=O) groups excluding carboxylic acids is 5. The molecular weight excluding hydrogens is 743 g/mol. The van der Waals surface area contributed by atoms with Crippen LogP contribution in [-0.2, 0) is 9.59 Å². The third-order valence-electron chi connectivity index (χ3n) is 12.1. The lowest BCUT2D eigenvalue weighted by atomic mass is 9.95. The Hall–Kier alpha value is -6.36. The number of anilines is 3. The number of ether oxygens (including phenoxy) is 1. The lowest BCUT2D eigenvalue weighted by molar-refractivity contribution is -0.136. The summed E-state index contributed by atoms with van der Waals surface area (Å²) in [5, 5.41) is 9.55. The van der Waals surface area contributed by atoms with Crippen molar-refractivity contribution in [2.45, 2.75) is 44.6 Å². The van der Waals surface area contributed by atoms with E-state index >= 15 is 0 Å². The number of nitrogens with one attached hydrogen (secondary N) is 2. The van der Waals surface area contributed by atoms with Gasteiger partial charge in [-0.2, -0.15) is 5.10 Å². The highest BCUT2D eigenvalue weighted by molar-refractivity contribution is 6.23. The molecule has 1 atom stereocenters. The predicted octanol–water partition coefficient (Wildman–Crippen LogP) is 2.86. The van der Waals surface area contributed by atoms with Gasteiger partial charge in [0.05, 0.1) is 30.1 Å². The molecule has 8 heterocycles. The van der Waals surface area contributed by atoms with E-state index in [2.05, 4.69) is 35.4 Å². The van der Waals surface area contributed by atoms with E-state index in [0.717, 1.165) is 93.5 Å². The molecule has 58 heavy (non-hydrogen) atoms. The zero-order chi connectivity index (χ0) is 39.5. The molecule has 17 heteroatoms. The quantitative estimate of drug-likeness (QED) is 0.198. The first-order chi connectivity index (χ1) is 28.3. The molecule has 10 rings (SSSR count). The summed E-state index contributed by atoms with van der Waals surface area (Å²) in [5.41, 5.74) is 3.66. The number of carbonyl (C=O) groups is 5. The van der Waals surface area contributed by atoms with Crippen molar-refractivity contribution in [3.05, 3.63) is 78.0 Å². The molecule has 3 saturated heterocycles. The van der Waals surface area contributed by atoms with Gasteiger partial charge in [-0.15, -0.1) is 0 Å². The average molecular weight is 786 g/mol. The Morgan fingerprint density at radius 1 is 0.879 bits per heavy atom. The summed E-state index contributed by atoms with van der Waals surface area (Å²) in [7, 11) is 0. The maximum Gasteiger partial charge on any atom is 0.262 e. The zero-order valence-corrected chi connectivity index (χ0v) is 31.9. The van der Waals surface area contributed by atoms with E-state index in [-0.39, 0.29) is 18.7 Å². The molecule has 5 aromatic rings. The van der Waals surface area contributed by atoms with Crippen LogP contribution in [0.4, 0.5) is 17.2 Å². The Morgan fingerprint density at radius 2 is 1.69 bits per heavy atom. The number of hydrogen-bond acceptors (Lipinski definition) is 12. The van der Waals surface area contributed by atoms with Crippen LogP contribution in [0.2, 0.25) is 0 Å². The van der Waals surface area contributed by atoms with Crippen molar-refractivity contribution in [2.75, 3.05) is 67.5 Å². The molecule has 4 aliphatic heterocycles. The van der Waals surface area contributed by atoms with Gasteiger partial charge in [-0.1, -0.05) is 0 Å². The van der Waals surface area contributed by atoms with Crippen LogP contribution in [0.1, 0.15) is 69.6 Å². The number of imide groups is 2. The van der Waals surface area contributed by atoms with Crippen LogP contribution in [-0.4, -0.2) is 122 Å². The van der Waals surface area contributed by atoms with Crippen molar-refractivity contribution < 1.29 is 28.7 Å². The van der Waals surface area contributed by atoms with Gasteiger partial charge in [0.15, 0.2) is 5.65 Å². The normalized spacial score (nSPS) is 20.6.